The number of rotatable bonds is 8. The van der Waals surface area contributed by atoms with Gasteiger partial charge < -0.3 is 0 Å². The highest BCUT2D eigenvalue weighted by molar-refractivity contribution is 6.36. The van der Waals surface area contributed by atoms with E-state index in [-0.39, 0.29) is 0 Å². The SMILES string of the molecule is Clc1ccc(-c2cc(-c3ccc(/C=C/c4ccccc4)cc3)[n+](-c3ccccc3)c(-c3ccc(/C=C/c4ccccc4)cc3)c2)c(Cl)c1. The van der Waals surface area contributed by atoms with Crippen molar-refractivity contribution in [2.45, 2.75) is 0 Å². The Morgan fingerprint density at radius 2 is 0.792 bits per heavy atom. The standard InChI is InChI=1S/C45H32Cl2N/c46-40-28-29-42(43(47)32-40)39-30-44(37-24-20-35(21-25-37)18-16-33-10-4-1-5-11-33)48(41-14-8-3-9-15-41)45(31-39)38-26-22-36(23-27-38)19-17-34-12-6-2-7-13-34/h1-32H/q+1/b18-16+,19-17+. The predicted molar refractivity (Wildman–Crippen MR) is 205 cm³/mol. The number of halogens is 2. The van der Waals surface area contributed by atoms with Crippen LogP contribution in [0.15, 0.2) is 170 Å². The van der Waals surface area contributed by atoms with Crippen LogP contribution in [0.25, 0.3) is 63.6 Å². The summed E-state index contributed by atoms with van der Waals surface area (Å²) in [6.45, 7) is 0. The maximum atomic E-state index is 6.82. The van der Waals surface area contributed by atoms with Gasteiger partial charge >= 0.3 is 0 Å². The summed E-state index contributed by atoms with van der Waals surface area (Å²) in [5.41, 5.74) is 11.9. The zero-order valence-corrected chi connectivity index (χ0v) is 27.7. The summed E-state index contributed by atoms with van der Waals surface area (Å²) in [5, 5.41) is 1.22. The van der Waals surface area contributed by atoms with Crippen molar-refractivity contribution < 1.29 is 4.57 Å². The van der Waals surface area contributed by atoms with E-state index in [0.717, 1.165) is 50.5 Å². The van der Waals surface area contributed by atoms with Crippen LogP contribution in [0.3, 0.4) is 0 Å². The summed E-state index contributed by atoms with van der Waals surface area (Å²) in [6, 6.07) is 58.8. The second kappa shape index (κ2) is 14.5. The highest BCUT2D eigenvalue weighted by atomic mass is 35.5. The molecule has 0 aliphatic rings. The third-order valence-corrected chi connectivity index (χ3v) is 8.82. The van der Waals surface area contributed by atoms with Crippen molar-refractivity contribution in [1.29, 1.82) is 0 Å². The van der Waals surface area contributed by atoms with Crippen LogP contribution in [0.2, 0.25) is 10.0 Å². The van der Waals surface area contributed by atoms with Crippen molar-refractivity contribution in [3.05, 3.63) is 202 Å². The Bertz CT molecular complexity index is 2090. The molecule has 6 aromatic carbocycles. The highest BCUT2D eigenvalue weighted by Crippen LogP contribution is 2.35. The molecule has 48 heavy (non-hydrogen) atoms. The summed E-state index contributed by atoms with van der Waals surface area (Å²) in [7, 11) is 0. The minimum Gasteiger partial charge on any atom is -0.153 e. The van der Waals surface area contributed by atoms with Crippen LogP contribution in [-0.2, 0) is 0 Å². The van der Waals surface area contributed by atoms with E-state index in [1.165, 1.54) is 11.1 Å². The summed E-state index contributed by atoms with van der Waals surface area (Å²) < 4.78 is 2.33. The second-order valence-corrected chi connectivity index (χ2v) is 12.4. The molecule has 1 nitrogen and oxygen atoms in total. The van der Waals surface area contributed by atoms with Gasteiger partial charge in [-0.15, -0.1) is 0 Å². The molecular formula is C45H32Cl2N+. The van der Waals surface area contributed by atoms with Gasteiger partial charge in [0.2, 0.25) is 17.1 Å². The zero-order valence-electron chi connectivity index (χ0n) is 26.2. The second-order valence-electron chi connectivity index (χ2n) is 11.5. The third-order valence-electron chi connectivity index (χ3n) is 8.27. The fourth-order valence-corrected chi connectivity index (χ4v) is 6.32. The molecule has 0 fully saturated rings. The first-order valence-electron chi connectivity index (χ1n) is 15.9. The summed E-state index contributed by atoms with van der Waals surface area (Å²) in [6.07, 6.45) is 8.57. The topological polar surface area (TPSA) is 3.88 Å². The zero-order chi connectivity index (χ0) is 32.7. The average molecular weight is 658 g/mol. The first-order chi connectivity index (χ1) is 23.6. The van der Waals surface area contributed by atoms with Gasteiger partial charge in [0.15, 0.2) is 0 Å². The lowest BCUT2D eigenvalue weighted by atomic mass is 9.97. The lowest BCUT2D eigenvalue weighted by Crippen LogP contribution is -2.36. The first kappa shape index (κ1) is 31.1. The highest BCUT2D eigenvalue weighted by Gasteiger charge is 2.25. The molecule has 230 valence electrons. The molecule has 0 radical (unpaired) electrons. The number of hydrogen-bond donors (Lipinski definition) is 0. The largest absolute Gasteiger partial charge is 0.219 e. The van der Waals surface area contributed by atoms with Gasteiger partial charge in [0.1, 0.15) is 0 Å². The van der Waals surface area contributed by atoms with Gasteiger partial charge in [-0.2, -0.15) is 4.57 Å². The minimum absolute atomic E-state index is 0.609. The maximum absolute atomic E-state index is 6.82. The van der Waals surface area contributed by atoms with Crippen LogP contribution in [0.4, 0.5) is 0 Å². The summed E-state index contributed by atoms with van der Waals surface area (Å²) in [5.74, 6) is 0. The van der Waals surface area contributed by atoms with Crippen LogP contribution in [-0.4, -0.2) is 0 Å². The van der Waals surface area contributed by atoms with Crippen LogP contribution >= 0.6 is 23.2 Å². The van der Waals surface area contributed by atoms with Crippen LogP contribution in [0.5, 0.6) is 0 Å². The lowest BCUT2D eigenvalue weighted by Gasteiger charge is -2.14. The Kier molecular flexibility index (Phi) is 9.43. The van der Waals surface area contributed by atoms with E-state index in [4.69, 9.17) is 23.2 Å². The minimum atomic E-state index is 0.609. The Morgan fingerprint density at radius 1 is 0.375 bits per heavy atom. The molecule has 0 bridgehead atoms. The van der Waals surface area contributed by atoms with Gasteiger partial charge in [-0.3, -0.25) is 0 Å². The van der Waals surface area contributed by atoms with Gasteiger partial charge in [-0.05, 0) is 64.2 Å². The molecular weight excluding hydrogens is 625 g/mol. The molecule has 1 aromatic heterocycles. The lowest BCUT2D eigenvalue weighted by molar-refractivity contribution is -0.572. The molecule has 0 spiro atoms. The Balaban J connectivity index is 1.37. The van der Waals surface area contributed by atoms with Crippen molar-refractivity contribution in [1.82, 2.24) is 0 Å². The Hall–Kier alpha value is -5.47. The monoisotopic (exact) mass is 656 g/mol. The quantitative estimate of drug-likeness (QED) is 0.113. The number of aromatic nitrogens is 1. The number of benzene rings is 6. The van der Waals surface area contributed by atoms with Gasteiger partial charge in [-0.1, -0.05) is 157 Å². The number of para-hydroxylation sites is 1. The first-order valence-corrected chi connectivity index (χ1v) is 16.6. The van der Waals surface area contributed by atoms with E-state index >= 15 is 0 Å². The maximum Gasteiger partial charge on any atom is 0.219 e. The third kappa shape index (κ3) is 7.24. The molecule has 7 aromatic rings. The van der Waals surface area contributed by atoms with Crippen molar-refractivity contribution in [2.75, 3.05) is 0 Å². The average Bonchev–Trinajstić information content (AvgIpc) is 3.14. The van der Waals surface area contributed by atoms with Crippen molar-refractivity contribution >= 4 is 47.5 Å². The predicted octanol–water partition coefficient (Wildman–Crippen LogP) is 12.6. The molecule has 0 amide bonds. The van der Waals surface area contributed by atoms with Crippen LogP contribution < -0.4 is 4.57 Å². The van der Waals surface area contributed by atoms with Crippen LogP contribution in [0.1, 0.15) is 22.3 Å². The molecule has 0 aliphatic heterocycles. The smallest absolute Gasteiger partial charge is 0.153 e. The van der Waals surface area contributed by atoms with Gasteiger partial charge in [0, 0.05) is 51.0 Å². The summed E-state index contributed by atoms with van der Waals surface area (Å²) >= 11 is 13.1. The van der Waals surface area contributed by atoms with E-state index in [0.29, 0.717) is 10.0 Å². The van der Waals surface area contributed by atoms with E-state index in [1.807, 2.05) is 30.3 Å². The molecule has 7 rings (SSSR count). The van der Waals surface area contributed by atoms with E-state index in [9.17, 15) is 0 Å². The Labute approximate surface area is 292 Å². The fourth-order valence-electron chi connectivity index (χ4n) is 5.80. The van der Waals surface area contributed by atoms with Crippen molar-refractivity contribution in [3.63, 3.8) is 0 Å². The van der Waals surface area contributed by atoms with Crippen molar-refractivity contribution in [3.8, 4) is 39.3 Å². The Morgan fingerprint density at radius 3 is 1.23 bits per heavy atom. The molecule has 0 saturated heterocycles. The van der Waals surface area contributed by atoms with Gasteiger partial charge in [0.25, 0.3) is 0 Å². The van der Waals surface area contributed by atoms with Crippen LogP contribution in [0, 0.1) is 0 Å². The molecule has 0 aliphatic carbocycles. The molecule has 0 N–H and O–H groups in total. The van der Waals surface area contributed by atoms with Gasteiger partial charge in [0.05, 0.1) is 0 Å². The molecule has 0 unspecified atom stereocenters. The number of pyridine rings is 1. The van der Waals surface area contributed by atoms with Gasteiger partial charge in [-0.25, -0.2) is 0 Å². The molecule has 0 saturated carbocycles. The molecule has 1 heterocycles. The fraction of sp³-hybridized carbons (Fsp3) is 0. The number of hydrogen-bond acceptors (Lipinski definition) is 0. The van der Waals surface area contributed by atoms with E-state index in [1.54, 1.807) is 6.07 Å². The van der Waals surface area contributed by atoms with E-state index < -0.39 is 0 Å². The summed E-state index contributed by atoms with van der Waals surface area (Å²) in [4.78, 5) is 0. The van der Waals surface area contributed by atoms with Crippen molar-refractivity contribution in [2.24, 2.45) is 0 Å². The number of nitrogens with zero attached hydrogens (tertiary/aromatic N) is 1. The normalized spacial score (nSPS) is 11.4. The molecule has 0 atom stereocenters. The van der Waals surface area contributed by atoms with E-state index in [2.05, 4.69) is 162 Å². The molecule has 3 heteroatoms.